The molecule has 3 N–H and O–H groups in total. The van der Waals surface area contributed by atoms with Gasteiger partial charge in [0.25, 0.3) is 0 Å². The van der Waals surface area contributed by atoms with E-state index in [1.54, 1.807) is 7.11 Å². The van der Waals surface area contributed by atoms with E-state index in [9.17, 15) is 0 Å². The number of aromatic amines is 1. The largest absolute Gasteiger partial charge is 0.497 e. The maximum absolute atomic E-state index is 5.84. The predicted molar refractivity (Wildman–Crippen MR) is 73.9 cm³/mol. The number of H-pyrrole nitrogens is 1. The maximum atomic E-state index is 5.84. The van der Waals surface area contributed by atoms with Gasteiger partial charge in [0.2, 0.25) is 0 Å². The lowest BCUT2D eigenvalue weighted by Gasteiger charge is -1.99. The molecule has 3 rings (SSSR count). The summed E-state index contributed by atoms with van der Waals surface area (Å²) in [5.41, 5.74) is 8.61. The fourth-order valence-corrected chi connectivity index (χ4v) is 3.22. The van der Waals surface area contributed by atoms with Crippen LogP contribution in [0.4, 0.5) is 0 Å². The summed E-state index contributed by atoms with van der Waals surface area (Å²) < 4.78 is 5.25. The highest BCUT2D eigenvalue weighted by atomic mass is 16.5. The molecule has 1 aliphatic rings. The van der Waals surface area contributed by atoms with Crippen molar-refractivity contribution < 1.29 is 4.74 Å². The minimum Gasteiger partial charge on any atom is -0.497 e. The molecule has 1 fully saturated rings. The third-order valence-electron chi connectivity index (χ3n) is 4.49. The van der Waals surface area contributed by atoms with E-state index in [2.05, 4.69) is 31.0 Å². The highest BCUT2D eigenvalue weighted by Gasteiger charge is 2.57. The zero-order valence-electron chi connectivity index (χ0n) is 11.2. The Morgan fingerprint density at radius 1 is 1.33 bits per heavy atom. The first kappa shape index (κ1) is 11.6. The number of hydrogen-bond acceptors (Lipinski definition) is 2. The zero-order chi connectivity index (χ0) is 12.9. The molecule has 0 amide bonds. The molecule has 3 heteroatoms. The van der Waals surface area contributed by atoms with Crippen LogP contribution in [0.15, 0.2) is 24.3 Å². The normalized spacial score (nSPS) is 25.3. The number of ether oxygens (including phenoxy) is 1. The Labute approximate surface area is 107 Å². The summed E-state index contributed by atoms with van der Waals surface area (Å²) in [6, 6.07) is 8.39. The Bertz CT molecular complexity index is 585. The van der Waals surface area contributed by atoms with E-state index >= 15 is 0 Å². The van der Waals surface area contributed by atoms with Crippen LogP contribution in [0.3, 0.4) is 0 Å². The van der Waals surface area contributed by atoms with E-state index in [4.69, 9.17) is 10.5 Å². The van der Waals surface area contributed by atoms with Crippen LogP contribution in [-0.4, -0.2) is 18.6 Å². The van der Waals surface area contributed by atoms with Crippen molar-refractivity contribution >= 4 is 10.9 Å². The van der Waals surface area contributed by atoms with Gasteiger partial charge in [-0.15, -0.1) is 0 Å². The molecule has 0 radical (unpaired) electrons. The number of rotatable bonds is 3. The topological polar surface area (TPSA) is 51.0 Å². The standard InChI is InChI=1S/C15H20N2O/c1-15(2)11(8-16)14(15)13-6-9-4-5-10(18-3)7-12(9)17-13/h4-7,11,14,17H,8,16H2,1-3H3/t11-,14+/m1/s1. The van der Waals surface area contributed by atoms with Crippen LogP contribution < -0.4 is 10.5 Å². The Morgan fingerprint density at radius 3 is 2.72 bits per heavy atom. The molecular formula is C15H20N2O. The zero-order valence-corrected chi connectivity index (χ0v) is 11.2. The first-order valence-corrected chi connectivity index (χ1v) is 6.44. The van der Waals surface area contributed by atoms with Gasteiger partial charge in [-0.1, -0.05) is 13.8 Å². The molecular weight excluding hydrogens is 224 g/mol. The highest BCUT2D eigenvalue weighted by molar-refractivity contribution is 5.82. The Morgan fingerprint density at radius 2 is 2.11 bits per heavy atom. The molecule has 0 spiro atoms. The maximum Gasteiger partial charge on any atom is 0.120 e. The summed E-state index contributed by atoms with van der Waals surface area (Å²) in [5, 5.41) is 1.24. The van der Waals surface area contributed by atoms with Crippen LogP contribution >= 0.6 is 0 Å². The number of benzene rings is 1. The summed E-state index contributed by atoms with van der Waals surface area (Å²) in [6.07, 6.45) is 0. The summed E-state index contributed by atoms with van der Waals surface area (Å²) in [5.74, 6) is 2.04. The number of fused-ring (bicyclic) bond motifs is 1. The van der Waals surface area contributed by atoms with E-state index < -0.39 is 0 Å². The van der Waals surface area contributed by atoms with Gasteiger partial charge in [-0.2, -0.15) is 0 Å². The van der Waals surface area contributed by atoms with Crippen LogP contribution in [-0.2, 0) is 0 Å². The molecule has 1 aromatic heterocycles. The lowest BCUT2D eigenvalue weighted by atomic mass is 10.1. The third-order valence-corrected chi connectivity index (χ3v) is 4.49. The Balaban J connectivity index is 2.00. The van der Waals surface area contributed by atoms with E-state index in [1.165, 1.54) is 11.1 Å². The fourth-order valence-electron chi connectivity index (χ4n) is 3.22. The van der Waals surface area contributed by atoms with Crippen LogP contribution in [0.5, 0.6) is 5.75 Å². The van der Waals surface area contributed by atoms with Gasteiger partial charge in [-0.05, 0) is 41.5 Å². The van der Waals surface area contributed by atoms with Gasteiger partial charge >= 0.3 is 0 Å². The van der Waals surface area contributed by atoms with Crippen molar-refractivity contribution in [1.82, 2.24) is 4.98 Å². The van der Waals surface area contributed by atoms with Gasteiger partial charge in [-0.25, -0.2) is 0 Å². The Kier molecular flexibility index (Phi) is 2.42. The van der Waals surface area contributed by atoms with Crippen molar-refractivity contribution in [3.63, 3.8) is 0 Å². The second kappa shape index (κ2) is 3.75. The molecule has 0 aliphatic heterocycles. The van der Waals surface area contributed by atoms with E-state index in [-0.39, 0.29) is 0 Å². The summed E-state index contributed by atoms with van der Waals surface area (Å²) in [4.78, 5) is 3.52. The van der Waals surface area contributed by atoms with Crippen molar-refractivity contribution in [2.45, 2.75) is 19.8 Å². The summed E-state index contributed by atoms with van der Waals surface area (Å²) >= 11 is 0. The van der Waals surface area contributed by atoms with Crippen molar-refractivity contribution in [1.29, 1.82) is 0 Å². The van der Waals surface area contributed by atoms with Crippen molar-refractivity contribution in [2.75, 3.05) is 13.7 Å². The van der Waals surface area contributed by atoms with Gasteiger partial charge in [0.1, 0.15) is 5.75 Å². The number of aromatic nitrogens is 1. The molecule has 1 saturated carbocycles. The molecule has 1 aliphatic carbocycles. The molecule has 1 aromatic carbocycles. The van der Waals surface area contributed by atoms with Gasteiger partial charge in [0.05, 0.1) is 7.11 Å². The van der Waals surface area contributed by atoms with Gasteiger partial charge < -0.3 is 15.5 Å². The second-order valence-electron chi connectivity index (χ2n) is 5.82. The Hall–Kier alpha value is -1.48. The van der Waals surface area contributed by atoms with Crippen LogP contribution in [0, 0.1) is 11.3 Å². The van der Waals surface area contributed by atoms with Gasteiger partial charge in [0, 0.05) is 23.2 Å². The smallest absolute Gasteiger partial charge is 0.120 e. The first-order valence-electron chi connectivity index (χ1n) is 6.44. The first-order chi connectivity index (χ1) is 8.57. The minimum absolute atomic E-state index is 0.319. The predicted octanol–water partition coefficient (Wildman–Crippen LogP) is 2.87. The third kappa shape index (κ3) is 1.54. The molecule has 1 heterocycles. The summed E-state index contributed by atoms with van der Waals surface area (Å²) in [7, 11) is 1.69. The lowest BCUT2D eigenvalue weighted by molar-refractivity contribution is 0.415. The average molecular weight is 244 g/mol. The molecule has 0 bridgehead atoms. The van der Waals surface area contributed by atoms with Gasteiger partial charge in [0.15, 0.2) is 0 Å². The average Bonchev–Trinajstić information content (AvgIpc) is 2.71. The fraction of sp³-hybridized carbons (Fsp3) is 0.467. The molecule has 0 unspecified atom stereocenters. The molecule has 0 saturated heterocycles. The minimum atomic E-state index is 0.319. The SMILES string of the molecule is COc1ccc2cc([C@@H]3[C@@H](CN)C3(C)C)[nH]c2c1. The van der Waals surface area contributed by atoms with Crippen LogP contribution in [0.1, 0.15) is 25.5 Å². The van der Waals surface area contributed by atoms with E-state index in [0.29, 0.717) is 17.3 Å². The number of hydrogen-bond donors (Lipinski definition) is 2. The molecule has 3 nitrogen and oxygen atoms in total. The molecule has 18 heavy (non-hydrogen) atoms. The van der Waals surface area contributed by atoms with Crippen molar-refractivity contribution in [2.24, 2.45) is 17.1 Å². The van der Waals surface area contributed by atoms with Crippen LogP contribution in [0.25, 0.3) is 10.9 Å². The van der Waals surface area contributed by atoms with E-state index in [1.807, 2.05) is 12.1 Å². The monoisotopic (exact) mass is 244 g/mol. The van der Waals surface area contributed by atoms with E-state index in [0.717, 1.165) is 17.8 Å². The quantitative estimate of drug-likeness (QED) is 0.872. The van der Waals surface area contributed by atoms with Crippen molar-refractivity contribution in [3.8, 4) is 5.75 Å². The molecule has 96 valence electrons. The van der Waals surface area contributed by atoms with Crippen molar-refractivity contribution in [3.05, 3.63) is 30.0 Å². The second-order valence-corrected chi connectivity index (χ2v) is 5.82. The number of nitrogens with two attached hydrogens (primary N) is 1. The molecule has 2 atom stereocenters. The summed E-state index contributed by atoms with van der Waals surface area (Å²) in [6.45, 7) is 5.35. The van der Waals surface area contributed by atoms with Gasteiger partial charge in [-0.3, -0.25) is 0 Å². The van der Waals surface area contributed by atoms with Crippen LogP contribution in [0.2, 0.25) is 0 Å². The lowest BCUT2D eigenvalue weighted by Crippen LogP contribution is -2.05. The number of nitrogens with one attached hydrogen (secondary N) is 1. The number of methoxy groups -OCH3 is 1. The highest BCUT2D eigenvalue weighted by Crippen LogP contribution is 2.63. The molecule has 2 aromatic rings.